The third-order valence-electron chi connectivity index (χ3n) is 10.4. The summed E-state index contributed by atoms with van der Waals surface area (Å²) in [6.45, 7) is 0.369. The van der Waals surface area contributed by atoms with Crippen LogP contribution in [0.25, 0.3) is 0 Å². The second kappa shape index (κ2) is 19.0. The monoisotopic (exact) mass is 810 g/mol. The minimum atomic E-state index is -1.93. The molecule has 0 unspecified atom stereocenters. The van der Waals surface area contributed by atoms with Gasteiger partial charge in [0, 0.05) is 7.11 Å². The van der Waals surface area contributed by atoms with E-state index in [0.717, 1.165) is 7.11 Å². The average molecular weight is 811 g/mol. The highest BCUT2D eigenvalue weighted by Crippen LogP contribution is 2.35. The van der Waals surface area contributed by atoms with Crippen molar-refractivity contribution in [2.75, 3.05) is 26.9 Å². The second-order valence-electron chi connectivity index (χ2n) is 14.2. The van der Waals surface area contributed by atoms with Crippen molar-refractivity contribution < 1.29 is 119 Å². The van der Waals surface area contributed by atoms with E-state index >= 15 is 0 Å². The van der Waals surface area contributed by atoms with E-state index in [1.165, 1.54) is 13.8 Å². The van der Waals surface area contributed by atoms with Crippen LogP contribution >= 0.6 is 0 Å². The molecular weight excluding hydrogens is 756 g/mol. The zero-order valence-electron chi connectivity index (χ0n) is 29.9. The van der Waals surface area contributed by atoms with Crippen molar-refractivity contribution in [3.8, 4) is 0 Å². The smallest absolute Gasteiger partial charge is 0.187 e. The maximum absolute atomic E-state index is 11.5. The first-order valence-electron chi connectivity index (χ1n) is 17.7. The van der Waals surface area contributed by atoms with Crippen LogP contribution in [0.15, 0.2) is 0 Å². The lowest BCUT2D eigenvalue weighted by Crippen LogP contribution is -2.67. The fraction of sp³-hybridized carbons (Fsp3) is 1.00. The van der Waals surface area contributed by atoms with Crippen LogP contribution < -0.4 is 0 Å². The van der Waals surface area contributed by atoms with Gasteiger partial charge in [0.1, 0.15) is 110 Å². The van der Waals surface area contributed by atoms with Crippen molar-refractivity contribution in [3.63, 3.8) is 0 Å². The Morgan fingerprint density at radius 3 is 1.25 bits per heavy atom. The molecule has 0 bridgehead atoms. The maximum Gasteiger partial charge on any atom is 0.187 e. The van der Waals surface area contributed by atoms with Crippen molar-refractivity contribution in [1.82, 2.24) is 0 Å². The predicted octanol–water partition coefficient (Wildman–Crippen LogP) is -9.22. The summed E-state index contributed by atoms with van der Waals surface area (Å²) in [6.07, 6.45) is -41.7. The lowest BCUT2D eigenvalue weighted by atomic mass is 9.96. The topological polar surface area (TPSA) is 376 Å². The van der Waals surface area contributed by atoms with Gasteiger partial charge in [-0.25, -0.2) is 0 Å². The summed E-state index contributed by atoms with van der Waals surface area (Å²) in [5.41, 5.74) is 0. The molecule has 322 valence electrons. The van der Waals surface area contributed by atoms with E-state index in [1.54, 1.807) is 0 Å². The fourth-order valence-electron chi connectivity index (χ4n) is 6.95. The van der Waals surface area contributed by atoms with E-state index in [4.69, 9.17) is 47.4 Å². The highest BCUT2D eigenvalue weighted by molar-refractivity contribution is 4.97. The average Bonchev–Trinajstić information content (AvgIpc) is 3.17. The summed E-state index contributed by atoms with van der Waals surface area (Å²) in [5, 5.41) is 147. The Bertz CT molecular complexity index is 1190. The third-order valence-corrected chi connectivity index (χ3v) is 10.4. The molecule has 5 heterocycles. The van der Waals surface area contributed by atoms with Crippen LogP contribution in [0.4, 0.5) is 0 Å². The molecular formula is C31H54O24. The Balaban J connectivity index is 1.34. The zero-order chi connectivity index (χ0) is 40.6. The number of ether oxygens (including phenoxy) is 10. The van der Waals surface area contributed by atoms with E-state index in [1.807, 2.05) is 0 Å². The first kappa shape index (κ1) is 45.1. The van der Waals surface area contributed by atoms with Crippen molar-refractivity contribution >= 4 is 0 Å². The van der Waals surface area contributed by atoms with Gasteiger partial charge < -0.3 is 119 Å². The molecule has 0 aliphatic carbocycles. The van der Waals surface area contributed by atoms with Crippen molar-refractivity contribution in [2.24, 2.45) is 0 Å². The first-order valence-corrected chi connectivity index (χ1v) is 17.7. The molecule has 5 aliphatic heterocycles. The number of hydrogen-bond donors (Lipinski definition) is 14. The molecule has 0 radical (unpaired) electrons. The highest BCUT2D eigenvalue weighted by atomic mass is 16.8. The van der Waals surface area contributed by atoms with Gasteiger partial charge in [0.25, 0.3) is 0 Å². The second-order valence-corrected chi connectivity index (χ2v) is 14.2. The SMILES string of the molecule is CO[C@@H]1O[C@H](CO[C@@H]2O[C@H](CO)[C@H](O)[C@H](O)[C@H]2O[C@@H]2O[C@@H](C)[C@@H](O)[C@@H](O)[C@@H]2O)[C@H](O)[C@H](O[C@@H]2O[C@H](CO)[C@H](O)[C@H](O)[C@H]2O[C@@H]2O[C@@H](C)[C@@H](O)[C@@H](O)[C@@H]2O)[C@H]1O. The predicted molar refractivity (Wildman–Crippen MR) is 168 cm³/mol. The number of rotatable bonds is 12. The Kier molecular flexibility index (Phi) is 15.6. The van der Waals surface area contributed by atoms with Gasteiger partial charge in [0.15, 0.2) is 31.5 Å². The number of hydrogen-bond acceptors (Lipinski definition) is 24. The fourth-order valence-corrected chi connectivity index (χ4v) is 6.95. The molecule has 14 N–H and O–H groups in total. The van der Waals surface area contributed by atoms with Crippen LogP contribution in [0.1, 0.15) is 13.8 Å². The quantitative estimate of drug-likeness (QED) is 0.0870. The molecule has 24 nitrogen and oxygen atoms in total. The summed E-state index contributed by atoms with van der Waals surface area (Å²) < 4.78 is 56.1. The Morgan fingerprint density at radius 2 is 0.800 bits per heavy atom. The van der Waals surface area contributed by atoms with Gasteiger partial charge in [-0.3, -0.25) is 0 Å². The standard InChI is InChI=1S/C31H54O24/c1-7-12(34)17(39)21(43)28(48-7)54-25-19(41)14(36)9(4-32)50-30(25)47-6-11-16(38)24(23(45)27(46-3)52-11)53-31-26(20(42)15(37)10(5-33)51-31)55-29-22(44)18(40)13(35)8(2)49-29/h7-45H,4-6H2,1-3H3/t7-,8-,9+,10+,11+,12+,13+,14-,15-,16-,17+,18+,19-,20-,21-,22-,23+,24-,25+,26+,27+,28-,29-,30+,31-/m0/s1. The molecule has 5 rings (SSSR count). The number of methoxy groups -OCH3 is 1. The van der Waals surface area contributed by atoms with E-state index in [-0.39, 0.29) is 0 Å². The van der Waals surface area contributed by atoms with Gasteiger partial charge in [-0.05, 0) is 13.8 Å². The van der Waals surface area contributed by atoms with Crippen molar-refractivity contribution in [1.29, 1.82) is 0 Å². The van der Waals surface area contributed by atoms with E-state index < -0.39 is 173 Å². The highest BCUT2D eigenvalue weighted by Gasteiger charge is 2.55. The van der Waals surface area contributed by atoms with Crippen molar-refractivity contribution in [2.45, 2.75) is 167 Å². The molecule has 55 heavy (non-hydrogen) atoms. The van der Waals surface area contributed by atoms with Crippen LogP contribution in [0.5, 0.6) is 0 Å². The van der Waals surface area contributed by atoms with Gasteiger partial charge in [0.05, 0.1) is 32.0 Å². The van der Waals surface area contributed by atoms with E-state index in [9.17, 15) is 71.5 Å². The lowest BCUT2D eigenvalue weighted by molar-refractivity contribution is -0.390. The molecule has 0 aromatic heterocycles. The first-order chi connectivity index (χ1) is 25.9. The summed E-state index contributed by atoms with van der Waals surface area (Å²) in [4.78, 5) is 0. The number of aliphatic hydroxyl groups is 14. The molecule has 0 saturated carbocycles. The summed E-state index contributed by atoms with van der Waals surface area (Å²) >= 11 is 0. The van der Waals surface area contributed by atoms with Gasteiger partial charge >= 0.3 is 0 Å². The third kappa shape index (κ3) is 9.28. The Morgan fingerprint density at radius 1 is 0.382 bits per heavy atom. The molecule has 25 atom stereocenters. The van der Waals surface area contributed by atoms with Gasteiger partial charge in [-0.2, -0.15) is 0 Å². The van der Waals surface area contributed by atoms with Crippen LogP contribution in [0.2, 0.25) is 0 Å². The van der Waals surface area contributed by atoms with Gasteiger partial charge in [-0.15, -0.1) is 0 Å². The molecule has 0 amide bonds. The van der Waals surface area contributed by atoms with Gasteiger partial charge in [-0.1, -0.05) is 0 Å². The Labute approximate surface area is 313 Å². The zero-order valence-corrected chi connectivity index (χ0v) is 29.9. The Hall–Kier alpha value is -0.960. The largest absolute Gasteiger partial charge is 0.394 e. The van der Waals surface area contributed by atoms with Crippen LogP contribution in [0.3, 0.4) is 0 Å². The van der Waals surface area contributed by atoms with Gasteiger partial charge in [0.2, 0.25) is 0 Å². The minimum Gasteiger partial charge on any atom is -0.394 e. The molecule has 5 aliphatic rings. The maximum atomic E-state index is 11.5. The summed E-state index contributed by atoms with van der Waals surface area (Å²) in [5.74, 6) is 0. The van der Waals surface area contributed by atoms with Crippen molar-refractivity contribution in [3.05, 3.63) is 0 Å². The summed E-state index contributed by atoms with van der Waals surface area (Å²) in [6, 6.07) is 0. The summed E-state index contributed by atoms with van der Waals surface area (Å²) in [7, 11) is 1.13. The molecule has 0 spiro atoms. The van der Waals surface area contributed by atoms with Crippen LogP contribution in [-0.2, 0) is 47.4 Å². The van der Waals surface area contributed by atoms with E-state index in [2.05, 4.69) is 0 Å². The molecule has 0 aromatic carbocycles. The molecule has 5 fully saturated rings. The minimum absolute atomic E-state index is 0.697. The molecule has 5 saturated heterocycles. The molecule has 24 heteroatoms. The molecule has 0 aromatic rings. The van der Waals surface area contributed by atoms with Crippen LogP contribution in [0, 0.1) is 0 Å². The van der Waals surface area contributed by atoms with Crippen LogP contribution in [-0.4, -0.2) is 252 Å². The lowest BCUT2D eigenvalue weighted by Gasteiger charge is -2.48. The van der Waals surface area contributed by atoms with E-state index in [0.29, 0.717) is 0 Å². The number of aliphatic hydroxyl groups excluding tert-OH is 14. The normalized spacial score (nSPS) is 53.9.